The number of rotatable bonds is 4. The van der Waals surface area contributed by atoms with Gasteiger partial charge in [-0.15, -0.1) is 0 Å². The molecule has 6 heteroatoms. The number of halogens is 2. The van der Waals surface area contributed by atoms with Crippen molar-refractivity contribution in [1.82, 2.24) is 14.1 Å². The molecule has 2 aromatic heterocycles. The summed E-state index contributed by atoms with van der Waals surface area (Å²) in [6, 6.07) is 7.78. The summed E-state index contributed by atoms with van der Waals surface area (Å²) in [6.45, 7) is -1.82. The average molecular weight is 276 g/mol. The zero-order valence-corrected chi connectivity index (χ0v) is 10.7. The molecular weight excluding hydrogens is 262 g/mol. The summed E-state index contributed by atoms with van der Waals surface area (Å²) in [5.41, 5.74) is 7.71. The van der Waals surface area contributed by atoms with Crippen LogP contribution in [0.4, 0.5) is 8.78 Å². The van der Waals surface area contributed by atoms with E-state index in [1.165, 1.54) is 12.4 Å². The van der Waals surface area contributed by atoms with Gasteiger partial charge >= 0.3 is 6.55 Å². The molecule has 0 aliphatic heterocycles. The summed E-state index contributed by atoms with van der Waals surface area (Å²) in [7, 11) is 0. The molecule has 0 saturated carbocycles. The SMILES string of the molecule is NCc1cccc2c1ccn2Cc1nccn1C(F)F. The zero-order chi connectivity index (χ0) is 14.1. The van der Waals surface area contributed by atoms with E-state index in [-0.39, 0.29) is 0 Å². The fourth-order valence-electron chi connectivity index (χ4n) is 2.40. The lowest BCUT2D eigenvalue weighted by atomic mass is 10.1. The lowest BCUT2D eigenvalue weighted by molar-refractivity contribution is 0.0667. The highest BCUT2D eigenvalue weighted by atomic mass is 19.3. The summed E-state index contributed by atoms with van der Waals surface area (Å²) in [4.78, 5) is 4.00. The van der Waals surface area contributed by atoms with E-state index in [4.69, 9.17) is 5.73 Å². The molecule has 0 aliphatic rings. The maximum atomic E-state index is 12.8. The minimum atomic E-state index is -2.58. The van der Waals surface area contributed by atoms with E-state index in [2.05, 4.69) is 4.98 Å². The molecule has 0 atom stereocenters. The van der Waals surface area contributed by atoms with E-state index in [9.17, 15) is 8.78 Å². The molecule has 2 N–H and O–H groups in total. The van der Waals surface area contributed by atoms with Crippen LogP contribution in [0.2, 0.25) is 0 Å². The minimum absolute atomic E-state index is 0.300. The van der Waals surface area contributed by atoms with Crippen LogP contribution in [0.1, 0.15) is 17.9 Å². The fraction of sp³-hybridized carbons (Fsp3) is 0.214. The number of hydrogen-bond donors (Lipinski definition) is 1. The Kier molecular flexibility index (Phi) is 3.23. The Bertz CT molecular complexity index is 730. The van der Waals surface area contributed by atoms with E-state index in [0.717, 1.165) is 21.0 Å². The highest BCUT2D eigenvalue weighted by Crippen LogP contribution is 2.21. The molecule has 104 valence electrons. The maximum absolute atomic E-state index is 12.8. The predicted octanol–water partition coefficient (Wildman–Crippen LogP) is 2.74. The highest BCUT2D eigenvalue weighted by Gasteiger charge is 2.13. The van der Waals surface area contributed by atoms with E-state index in [1.807, 2.05) is 35.0 Å². The van der Waals surface area contributed by atoms with Gasteiger partial charge in [0.05, 0.1) is 6.54 Å². The zero-order valence-electron chi connectivity index (χ0n) is 10.7. The number of imidazole rings is 1. The quantitative estimate of drug-likeness (QED) is 0.796. The Labute approximate surface area is 114 Å². The first-order valence-electron chi connectivity index (χ1n) is 6.27. The van der Waals surface area contributed by atoms with Crippen molar-refractivity contribution in [3.05, 3.63) is 54.2 Å². The molecule has 4 nitrogen and oxygen atoms in total. The van der Waals surface area contributed by atoms with Crippen LogP contribution in [0.15, 0.2) is 42.9 Å². The van der Waals surface area contributed by atoms with Gasteiger partial charge in [0, 0.05) is 36.0 Å². The third kappa shape index (κ3) is 2.08. The first-order valence-corrected chi connectivity index (χ1v) is 6.27. The van der Waals surface area contributed by atoms with E-state index < -0.39 is 6.55 Å². The maximum Gasteiger partial charge on any atom is 0.319 e. The molecule has 20 heavy (non-hydrogen) atoms. The van der Waals surface area contributed by atoms with Crippen molar-refractivity contribution < 1.29 is 8.78 Å². The summed E-state index contributed by atoms with van der Waals surface area (Å²) >= 11 is 0. The van der Waals surface area contributed by atoms with Gasteiger partial charge < -0.3 is 10.3 Å². The van der Waals surface area contributed by atoms with Gasteiger partial charge in [0.2, 0.25) is 0 Å². The molecule has 0 bridgehead atoms. The molecule has 0 spiro atoms. The van der Waals surface area contributed by atoms with Crippen LogP contribution in [0.5, 0.6) is 0 Å². The van der Waals surface area contributed by atoms with Gasteiger partial charge in [0.25, 0.3) is 0 Å². The molecule has 0 amide bonds. The van der Waals surface area contributed by atoms with Gasteiger partial charge in [-0.05, 0) is 17.7 Å². The van der Waals surface area contributed by atoms with Crippen LogP contribution >= 0.6 is 0 Å². The number of fused-ring (bicyclic) bond motifs is 1. The second kappa shape index (κ2) is 5.05. The van der Waals surface area contributed by atoms with Crippen LogP contribution in [-0.4, -0.2) is 14.1 Å². The van der Waals surface area contributed by atoms with Gasteiger partial charge in [0.1, 0.15) is 5.82 Å². The minimum Gasteiger partial charge on any atom is -0.340 e. The molecule has 0 radical (unpaired) electrons. The molecule has 2 heterocycles. The van der Waals surface area contributed by atoms with Crippen molar-refractivity contribution in [3.8, 4) is 0 Å². The van der Waals surface area contributed by atoms with Crippen LogP contribution in [0.3, 0.4) is 0 Å². The molecule has 1 aromatic carbocycles. The van der Waals surface area contributed by atoms with E-state index in [1.54, 1.807) is 0 Å². The van der Waals surface area contributed by atoms with Crippen molar-refractivity contribution in [2.75, 3.05) is 0 Å². The van der Waals surface area contributed by atoms with Gasteiger partial charge in [-0.2, -0.15) is 8.78 Å². The summed E-state index contributed by atoms with van der Waals surface area (Å²) in [5.74, 6) is 0.329. The fourth-order valence-corrected chi connectivity index (χ4v) is 2.40. The second-order valence-corrected chi connectivity index (χ2v) is 4.53. The number of aromatic nitrogens is 3. The largest absolute Gasteiger partial charge is 0.340 e. The Morgan fingerprint density at radius 2 is 2.05 bits per heavy atom. The van der Waals surface area contributed by atoms with Gasteiger partial charge in [-0.25, -0.2) is 4.98 Å². The number of alkyl halides is 2. The molecule has 0 unspecified atom stereocenters. The highest BCUT2D eigenvalue weighted by molar-refractivity contribution is 5.83. The molecule has 3 rings (SSSR count). The molecule has 0 aliphatic carbocycles. The third-order valence-corrected chi connectivity index (χ3v) is 3.39. The van der Waals surface area contributed by atoms with Crippen LogP contribution in [0, 0.1) is 0 Å². The Balaban J connectivity index is 2.01. The van der Waals surface area contributed by atoms with E-state index in [0.29, 0.717) is 18.9 Å². The van der Waals surface area contributed by atoms with Crippen molar-refractivity contribution in [2.45, 2.75) is 19.6 Å². The summed E-state index contributed by atoms with van der Waals surface area (Å²) in [5, 5.41) is 1.05. The van der Waals surface area contributed by atoms with Crippen molar-refractivity contribution in [2.24, 2.45) is 5.73 Å². The van der Waals surface area contributed by atoms with Crippen molar-refractivity contribution >= 4 is 10.9 Å². The van der Waals surface area contributed by atoms with Crippen LogP contribution in [-0.2, 0) is 13.1 Å². The molecular formula is C14H14F2N4. The Hall–Kier alpha value is -2.21. The topological polar surface area (TPSA) is 48.8 Å². The van der Waals surface area contributed by atoms with E-state index >= 15 is 0 Å². The first-order chi connectivity index (χ1) is 9.70. The normalized spacial score (nSPS) is 11.6. The summed E-state index contributed by atoms with van der Waals surface area (Å²) in [6.07, 6.45) is 4.55. The predicted molar refractivity (Wildman–Crippen MR) is 72.4 cm³/mol. The van der Waals surface area contributed by atoms with Gasteiger partial charge in [-0.1, -0.05) is 12.1 Å². The van der Waals surface area contributed by atoms with Gasteiger partial charge in [-0.3, -0.25) is 4.57 Å². The van der Waals surface area contributed by atoms with Crippen LogP contribution < -0.4 is 5.73 Å². The van der Waals surface area contributed by atoms with Gasteiger partial charge in [0.15, 0.2) is 0 Å². The second-order valence-electron chi connectivity index (χ2n) is 4.53. The monoisotopic (exact) mass is 276 g/mol. The molecule has 0 saturated heterocycles. The molecule has 0 fully saturated rings. The average Bonchev–Trinajstić information content (AvgIpc) is 3.06. The van der Waals surface area contributed by atoms with Crippen LogP contribution in [0.25, 0.3) is 10.9 Å². The lowest BCUT2D eigenvalue weighted by Crippen LogP contribution is -2.08. The lowest BCUT2D eigenvalue weighted by Gasteiger charge is -2.09. The third-order valence-electron chi connectivity index (χ3n) is 3.39. The van der Waals surface area contributed by atoms with Crippen molar-refractivity contribution in [1.29, 1.82) is 0 Å². The number of nitrogens with two attached hydrogens (primary N) is 1. The Morgan fingerprint density at radius 3 is 2.80 bits per heavy atom. The van der Waals surface area contributed by atoms with Crippen molar-refractivity contribution in [3.63, 3.8) is 0 Å². The molecule has 3 aromatic rings. The number of nitrogens with zero attached hydrogens (tertiary/aromatic N) is 3. The number of benzene rings is 1. The standard InChI is InChI=1S/C14H14F2N4/c15-14(16)20-7-5-18-13(20)9-19-6-4-11-10(8-17)2-1-3-12(11)19/h1-7,14H,8-9,17H2. The smallest absolute Gasteiger partial charge is 0.319 e. The first kappa shape index (κ1) is 12.8. The number of hydrogen-bond acceptors (Lipinski definition) is 2. The Morgan fingerprint density at radius 1 is 1.20 bits per heavy atom. The summed E-state index contributed by atoms with van der Waals surface area (Å²) < 4.78 is 28.4.